The van der Waals surface area contributed by atoms with Crippen molar-refractivity contribution in [1.29, 1.82) is 0 Å². The van der Waals surface area contributed by atoms with Crippen LogP contribution in [-0.4, -0.2) is 74.8 Å². The van der Waals surface area contributed by atoms with Crippen LogP contribution >= 0.6 is 11.6 Å². The van der Waals surface area contributed by atoms with Crippen molar-refractivity contribution in [3.63, 3.8) is 0 Å². The van der Waals surface area contributed by atoms with E-state index in [1.807, 2.05) is 24.3 Å². The number of esters is 1. The van der Waals surface area contributed by atoms with E-state index in [-0.39, 0.29) is 18.2 Å². The van der Waals surface area contributed by atoms with Crippen molar-refractivity contribution in [3.8, 4) is 17.2 Å². The van der Waals surface area contributed by atoms with E-state index < -0.39 is 5.97 Å². The fourth-order valence-electron chi connectivity index (χ4n) is 3.61. The lowest BCUT2D eigenvalue weighted by molar-refractivity contribution is -0.132. The lowest BCUT2D eigenvalue weighted by atomic mass is 10.2. The number of carbonyl (C=O) groups excluding carboxylic acids is 2. The largest absolute Gasteiger partial charge is 0.493 e. The summed E-state index contributed by atoms with van der Waals surface area (Å²) in [6.45, 7) is 5.64. The number of rotatable bonds is 9. The molecule has 1 saturated heterocycles. The van der Waals surface area contributed by atoms with Crippen LogP contribution in [-0.2, 0) is 16.1 Å². The Balaban J connectivity index is 1.49. The van der Waals surface area contributed by atoms with Gasteiger partial charge in [0.15, 0.2) is 11.5 Å². The predicted molar refractivity (Wildman–Crippen MR) is 130 cm³/mol. The number of nitrogens with one attached hydrogen (secondary N) is 1. The molecule has 34 heavy (non-hydrogen) atoms. The van der Waals surface area contributed by atoms with E-state index in [1.54, 1.807) is 12.1 Å². The zero-order valence-electron chi connectivity index (χ0n) is 19.5. The zero-order chi connectivity index (χ0) is 24.5. The molecule has 182 valence electrons. The summed E-state index contributed by atoms with van der Waals surface area (Å²) in [5, 5.41) is 4.81. The molecular formula is C24H29ClN4O5. The number of amides is 1. The fraction of sp³-hybridized carbons (Fsp3) is 0.375. The van der Waals surface area contributed by atoms with Crippen LogP contribution in [0.2, 0.25) is 5.02 Å². The zero-order valence-corrected chi connectivity index (χ0v) is 20.3. The van der Waals surface area contributed by atoms with Gasteiger partial charge < -0.3 is 14.2 Å². The second-order valence-electron chi connectivity index (χ2n) is 7.79. The van der Waals surface area contributed by atoms with Gasteiger partial charge >= 0.3 is 5.97 Å². The molecule has 3 rings (SSSR count). The quantitative estimate of drug-likeness (QED) is 0.251. The maximum absolute atomic E-state index is 12.3. The highest BCUT2D eigenvalue weighted by molar-refractivity contribution is 6.31. The highest BCUT2D eigenvalue weighted by Gasteiger charge is 2.20. The maximum atomic E-state index is 12.3. The SMILES string of the molecule is COc1cc(/C=N/NC(=O)CN2CCN(Cc3ccccc3Cl)CC2)cc(OC)c1OC(C)=O. The Labute approximate surface area is 204 Å². The molecule has 1 aliphatic heterocycles. The lowest BCUT2D eigenvalue weighted by Gasteiger charge is -2.34. The number of methoxy groups -OCH3 is 2. The Morgan fingerprint density at radius 2 is 1.68 bits per heavy atom. The van der Waals surface area contributed by atoms with Crippen LogP contribution < -0.4 is 19.6 Å². The molecule has 0 spiro atoms. The molecule has 9 nitrogen and oxygen atoms in total. The van der Waals surface area contributed by atoms with Gasteiger partial charge in [-0.15, -0.1) is 0 Å². The molecule has 0 bridgehead atoms. The van der Waals surface area contributed by atoms with Gasteiger partial charge in [0.05, 0.1) is 27.0 Å². The minimum atomic E-state index is -0.491. The molecule has 1 N–H and O–H groups in total. The summed E-state index contributed by atoms with van der Waals surface area (Å²) in [7, 11) is 2.91. The van der Waals surface area contributed by atoms with Crippen molar-refractivity contribution in [1.82, 2.24) is 15.2 Å². The van der Waals surface area contributed by atoms with Crippen LogP contribution in [0.1, 0.15) is 18.1 Å². The predicted octanol–water partition coefficient (Wildman–Crippen LogP) is 2.55. The summed E-state index contributed by atoms with van der Waals surface area (Å²) in [6.07, 6.45) is 1.47. The van der Waals surface area contributed by atoms with E-state index in [1.165, 1.54) is 27.4 Å². The van der Waals surface area contributed by atoms with Crippen LogP contribution in [0.4, 0.5) is 0 Å². The number of benzene rings is 2. The molecule has 0 atom stereocenters. The van der Waals surface area contributed by atoms with Crippen molar-refractivity contribution >= 4 is 29.7 Å². The molecule has 1 fully saturated rings. The third-order valence-electron chi connectivity index (χ3n) is 5.32. The first-order chi connectivity index (χ1) is 16.4. The Bertz CT molecular complexity index is 1010. The van der Waals surface area contributed by atoms with E-state index >= 15 is 0 Å². The maximum Gasteiger partial charge on any atom is 0.308 e. The smallest absolute Gasteiger partial charge is 0.308 e. The van der Waals surface area contributed by atoms with Crippen LogP contribution in [0.5, 0.6) is 17.2 Å². The summed E-state index contributed by atoms with van der Waals surface area (Å²) in [5.74, 6) is 0.127. The number of piperazine rings is 1. The highest BCUT2D eigenvalue weighted by Crippen LogP contribution is 2.38. The molecule has 0 radical (unpaired) electrons. The molecule has 1 aliphatic rings. The van der Waals surface area contributed by atoms with Crippen molar-refractivity contribution in [2.45, 2.75) is 13.5 Å². The minimum absolute atomic E-state index is 0.187. The van der Waals surface area contributed by atoms with Gasteiger partial charge in [-0.3, -0.25) is 19.4 Å². The molecule has 10 heteroatoms. The van der Waals surface area contributed by atoms with E-state index in [0.29, 0.717) is 17.1 Å². The molecule has 2 aromatic rings. The average molecular weight is 489 g/mol. The summed E-state index contributed by atoms with van der Waals surface area (Å²) in [6, 6.07) is 11.1. The topological polar surface area (TPSA) is 92.7 Å². The molecule has 0 unspecified atom stereocenters. The molecule has 1 amide bonds. The van der Waals surface area contributed by atoms with Crippen LogP contribution in [0, 0.1) is 0 Å². The van der Waals surface area contributed by atoms with Crippen molar-refractivity contribution < 1.29 is 23.8 Å². The Morgan fingerprint density at radius 1 is 1.06 bits per heavy atom. The third kappa shape index (κ3) is 7.18. The first-order valence-corrected chi connectivity index (χ1v) is 11.2. The molecular weight excluding hydrogens is 460 g/mol. The monoisotopic (exact) mass is 488 g/mol. The highest BCUT2D eigenvalue weighted by atomic mass is 35.5. The first-order valence-electron chi connectivity index (χ1n) is 10.8. The van der Waals surface area contributed by atoms with Gasteiger partial charge in [0.1, 0.15) is 0 Å². The number of ether oxygens (including phenoxy) is 3. The van der Waals surface area contributed by atoms with Crippen molar-refractivity contribution in [3.05, 3.63) is 52.5 Å². The lowest BCUT2D eigenvalue weighted by Crippen LogP contribution is -2.48. The number of hydrazone groups is 1. The second kappa shape index (κ2) is 12.4. The second-order valence-corrected chi connectivity index (χ2v) is 8.19. The molecule has 0 aromatic heterocycles. The molecule has 2 aromatic carbocycles. The number of nitrogens with zero attached hydrogens (tertiary/aromatic N) is 3. The number of hydrogen-bond donors (Lipinski definition) is 1. The normalized spacial score (nSPS) is 14.7. The minimum Gasteiger partial charge on any atom is -0.493 e. The fourth-order valence-corrected chi connectivity index (χ4v) is 3.80. The van der Waals surface area contributed by atoms with E-state index in [4.69, 9.17) is 25.8 Å². The van der Waals surface area contributed by atoms with Gasteiger partial charge in [0, 0.05) is 50.2 Å². The summed E-state index contributed by atoms with van der Waals surface area (Å²) in [4.78, 5) is 28.1. The van der Waals surface area contributed by atoms with Gasteiger partial charge in [-0.1, -0.05) is 29.8 Å². The third-order valence-corrected chi connectivity index (χ3v) is 5.68. The number of hydrogen-bond acceptors (Lipinski definition) is 8. The summed E-state index contributed by atoms with van der Waals surface area (Å²) in [5.41, 5.74) is 4.27. The molecule has 1 heterocycles. The Kier molecular flexibility index (Phi) is 9.26. The molecule has 0 aliphatic carbocycles. The van der Waals surface area contributed by atoms with E-state index in [0.717, 1.165) is 43.3 Å². The van der Waals surface area contributed by atoms with Crippen molar-refractivity contribution in [2.75, 3.05) is 46.9 Å². The van der Waals surface area contributed by atoms with Gasteiger partial charge in [0.2, 0.25) is 5.75 Å². The van der Waals surface area contributed by atoms with Gasteiger partial charge in [-0.05, 0) is 23.8 Å². The van der Waals surface area contributed by atoms with Crippen molar-refractivity contribution in [2.24, 2.45) is 5.10 Å². The van der Waals surface area contributed by atoms with E-state index in [2.05, 4.69) is 20.3 Å². The molecule has 0 saturated carbocycles. The number of carbonyl (C=O) groups is 2. The van der Waals surface area contributed by atoms with Gasteiger partial charge in [-0.25, -0.2) is 5.43 Å². The number of halogens is 1. The van der Waals surface area contributed by atoms with Gasteiger partial charge in [-0.2, -0.15) is 5.10 Å². The Hall–Kier alpha value is -3.14. The average Bonchev–Trinajstić information content (AvgIpc) is 2.82. The van der Waals surface area contributed by atoms with Gasteiger partial charge in [0.25, 0.3) is 5.91 Å². The summed E-state index contributed by atoms with van der Waals surface area (Å²) < 4.78 is 15.7. The van der Waals surface area contributed by atoms with Crippen LogP contribution in [0.25, 0.3) is 0 Å². The van der Waals surface area contributed by atoms with Crippen LogP contribution in [0.3, 0.4) is 0 Å². The standard InChI is InChI=1S/C24H29ClN4O5/c1-17(30)34-24-21(32-2)12-18(13-22(24)33-3)14-26-27-23(31)16-29-10-8-28(9-11-29)15-19-6-4-5-7-20(19)25/h4-7,12-14H,8-11,15-16H2,1-3H3,(H,27,31)/b26-14+. The van der Waals surface area contributed by atoms with Crippen LogP contribution in [0.15, 0.2) is 41.5 Å². The Morgan fingerprint density at radius 3 is 2.26 bits per heavy atom. The summed E-state index contributed by atoms with van der Waals surface area (Å²) >= 11 is 6.26. The first kappa shape index (κ1) is 25.5. The van der Waals surface area contributed by atoms with E-state index in [9.17, 15) is 9.59 Å².